The van der Waals surface area contributed by atoms with Crippen LogP contribution in [0.3, 0.4) is 0 Å². The van der Waals surface area contributed by atoms with Crippen molar-refractivity contribution in [2.75, 3.05) is 19.7 Å². The van der Waals surface area contributed by atoms with Crippen LogP contribution in [0.15, 0.2) is 0 Å². The molecule has 1 amide bonds. The van der Waals surface area contributed by atoms with E-state index in [1.54, 1.807) is 0 Å². The van der Waals surface area contributed by atoms with Crippen molar-refractivity contribution in [2.45, 2.75) is 57.4 Å². The molecule has 0 radical (unpaired) electrons. The van der Waals surface area contributed by atoms with Gasteiger partial charge >= 0.3 is 0 Å². The number of carbonyl (C=O) groups is 1. The zero-order chi connectivity index (χ0) is 13.5. The molecule has 1 saturated heterocycles. The monoisotopic (exact) mass is 268 g/mol. The molecular weight excluding hydrogens is 240 g/mol. The number of hydrogen-bond donors (Lipinski definition) is 3. The van der Waals surface area contributed by atoms with Crippen molar-refractivity contribution in [1.82, 2.24) is 10.6 Å². The normalized spacial score (nSPS) is 24.1. The second kappa shape index (κ2) is 7.85. The van der Waals surface area contributed by atoms with E-state index < -0.39 is 0 Å². The molecule has 0 aromatic carbocycles. The molecule has 1 aliphatic heterocycles. The average molecular weight is 268 g/mol. The molecule has 1 heterocycles. The van der Waals surface area contributed by atoms with Gasteiger partial charge in [-0.3, -0.25) is 4.79 Å². The van der Waals surface area contributed by atoms with E-state index in [9.17, 15) is 9.90 Å². The van der Waals surface area contributed by atoms with Gasteiger partial charge in [0.1, 0.15) is 0 Å². The lowest BCUT2D eigenvalue weighted by molar-refractivity contribution is -0.123. The van der Waals surface area contributed by atoms with E-state index in [-0.39, 0.29) is 18.6 Å². The molecule has 0 bridgehead atoms. The van der Waals surface area contributed by atoms with Gasteiger partial charge in [-0.2, -0.15) is 0 Å². The maximum Gasteiger partial charge on any atom is 0.220 e. The van der Waals surface area contributed by atoms with Gasteiger partial charge in [0.05, 0.1) is 12.6 Å². The first-order valence-electron chi connectivity index (χ1n) is 7.90. The highest BCUT2D eigenvalue weighted by molar-refractivity contribution is 5.76. The van der Waals surface area contributed by atoms with Crippen molar-refractivity contribution in [1.29, 1.82) is 0 Å². The number of hydrogen-bond acceptors (Lipinski definition) is 3. The molecule has 0 aromatic rings. The summed E-state index contributed by atoms with van der Waals surface area (Å²) >= 11 is 0. The van der Waals surface area contributed by atoms with Gasteiger partial charge in [-0.1, -0.05) is 19.3 Å². The molecule has 110 valence electrons. The number of amides is 1. The van der Waals surface area contributed by atoms with Gasteiger partial charge in [-0.15, -0.1) is 0 Å². The maximum atomic E-state index is 12.1. The standard InChI is InChI=1S/C15H28N2O2/c18-11-14(13-4-2-1-3-5-13)17-15(19)10-12-6-8-16-9-7-12/h12-14,16,18H,1-11H2,(H,17,19)/t14-/m1/s1. The second-order valence-electron chi connectivity index (χ2n) is 6.15. The van der Waals surface area contributed by atoms with Crippen molar-refractivity contribution < 1.29 is 9.90 Å². The first-order valence-corrected chi connectivity index (χ1v) is 7.90. The Balaban J connectivity index is 1.74. The molecule has 0 spiro atoms. The van der Waals surface area contributed by atoms with Crippen LogP contribution in [0.25, 0.3) is 0 Å². The van der Waals surface area contributed by atoms with E-state index in [1.807, 2.05) is 0 Å². The minimum absolute atomic E-state index is 0.0190. The van der Waals surface area contributed by atoms with Gasteiger partial charge in [-0.05, 0) is 50.6 Å². The van der Waals surface area contributed by atoms with Gasteiger partial charge in [0, 0.05) is 6.42 Å². The number of carbonyl (C=O) groups excluding carboxylic acids is 1. The minimum Gasteiger partial charge on any atom is -0.394 e. The summed E-state index contributed by atoms with van der Waals surface area (Å²) in [4.78, 5) is 12.1. The van der Waals surface area contributed by atoms with Crippen LogP contribution < -0.4 is 10.6 Å². The average Bonchev–Trinajstić information content (AvgIpc) is 2.47. The van der Waals surface area contributed by atoms with Gasteiger partial charge < -0.3 is 15.7 Å². The third-order valence-corrected chi connectivity index (χ3v) is 4.69. The largest absolute Gasteiger partial charge is 0.394 e. The topological polar surface area (TPSA) is 61.4 Å². The quantitative estimate of drug-likeness (QED) is 0.707. The van der Waals surface area contributed by atoms with E-state index in [0.717, 1.165) is 38.8 Å². The Morgan fingerprint density at radius 2 is 1.84 bits per heavy atom. The predicted molar refractivity (Wildman–Crippen MR) is 75.8 cm³/mol. The molecule has 19 heavy (non-hydrogen) atoms. The summed E-state index contributed by atoms with van der Waals surface area (Å²) in [6.45, 7) is 2.15. The zero-order valence-corrected chi connectivity index (χ0v) is 11.9. The van der Waals surface area contributed by atoms with Gasteiger partial charge in [-0.25, -0.2) is 0 Å². The fourth-order valence-electron chi connectivity index (χ4n) is 3.46. The Hall–Kier alpha value is -0.610. The number of nitrogens with one attached hydrogen (secondary N) is 2. The van der Waals surface area contributed by atoms with E-state index in [1.165, 1.54) is 19.3 Å². The number of piperidine rings is 1. The third-order valence-electron chi connectivity index (χ3n) is 4.69. The Labute approximate surface area is 116 Å². The lowest BCUT2D eigenvalue weighted by Gasteiger charge is -2.30. The first-order chi connectivity index (χ1) is 9.29. The van der Waals surface area contributed by atoms with Crippen LogP contribution in [-0.2, 0) is 4.79 Å². The minimum atomic E-state index is -0.0190. The lowest BCUT2D eigenvalue weighted by atomic mass is 9.84. The molecule has 2 rings (SSSR count). The van der Waals surface area contributed by atoms with Crippen molar-refractivity contribution in [2.24, 2.45) is 11.8 Å². The second-order valence-corrected chi connectivity index (χ2v) is 6.15. The Bertz CT molecular complexity index is 271. The molecule has 1 atom stereocenters. The highest BCUT2D eigenvalue weighted by Crippen LogP contribution is 2.26. The van der Waals surface area contributed by atoms with Gasteiger partial charge in [0.25, 0.3) is 0 Å². The summed E-state index contributed by atoms with van der Waals surface area (Å²) in [6.07, 6.45) is 8.91. The number of aliphatic hydroxyl groups is 1. The summed E-state index contributed by atoms with van der Waals surface area (Å²) in [5.41, 5.74) is 0. The van der Waals surface area contributed by atoms with Crippen LogP contribution in [0.5, 0.6) is 0 Å². The SMILES string of the molecule is O=C(CC1CCNCC1)N[C@H](CO)C1CCCCC1. The van der Waals surface area contributed by atoms with E-state index in [0.29, 0.717) is 18.3 Å². The lowest BCUT2D eigenvalue weighted by Crippen LogP contribution is -2.44. The fraction of sp³-hybridized carbons (Fsp3) is 0.933. The Kier molecular flexibility index (Phi) is 6.11. The molecule has 1 saturated carbocycles. The smallest absolute Gasteiger partial charge is 0.220 e. The first kappa shape index (κ1) is 14.8. The summed E-state index contributed by atoms with van der Waals surface area (Å²) in [5, 5.41) is 15.9. The summed E-state index contributed by atoms with van der Waals surface area (Å²) in [7, 11) is 0. The fourth-order valence-corrected chi connectivity index (χ4v) is 3.46. The molecule has 2 fully saturated rings. The molecule has 3 N–H and O–H groups in total. The van der Waals surface area contributed by atoms with Crippen molar-refractivity contribution >= 4 is 5.91 Å². The number of aliphatic hydroxyl groups excluding tert-OH is 1. The molecule has 4 nitrogen and oxygen atoms in total. The van der Waals surface area contributed by atoms with Crippen molar-refractivity contribution in [3.8, 4) is 0 Å². The third kappa shape index (κ3) is 4.77. The van der Waals surface area contributed by atoms with Gasteiger partial charge in [0.15, 0.2) is 0 Å². The Morgan fingerprint density at radius 1 is 1.16 bits per heavy atom. The molecule has 0 unspecified atom stereocenters. The predicted octanol–water partition coefficient (Wildman–Crippen LogP) is 1.43. The molecular formula is C15H28N2O2. The molecule has 1 aliphatic carbocycles. The van der Waals surface area contributed by atoms with E-state index in [4.69, 9.17) is 0 Å². The van der Waals surface area contributed by atoms with E-state index >= 15 is 0 Å². The van der Waals surface area contributed by atoms with Crippen LogP contribution in [-0.4, -0.2) is 36.8 Å². The van der Waals surface area contributed by atoms with Crippen LogP contribution in [0.4, 0.5) is 0 Å². The molecule has 2 aliphatic rings. The van der Waals surface area contributed by atoms with Crippen LogP contribution in [0, 0.1) is 11.8 Å². The number of rotatable bonds is 5. The summed E-state index contributed by atoms with van der Waals surface area (Å²) < 4.78 is 0. The summed E-state index contributed by atoms with van der Waals surface area (Å²) in [5.74, 6) is 1.14. The van der Waals surface area contributed by atoms with E-state index in [2.05, 4.69) is 10.6 Å². The van der Waals surface area contributed by atoms with Crippen LogP contribution in [0.1, 0.15) is 51.4 Å². The van der Waals surface area contributed by atoms with Crippen molar-refractivity contribution in [3.05, 3.63) is 0 Å². The Morgan fingerprint density at radius 3 is 2.47 bits per heavy atom. The summed E-state index contributed by atoms with van der Waals surface area (Å²) in [6, 6.07) is -0.0190. The van der Waals surface area contributed by atoms with Crippen LogP contribution in [0.2, 0.25) is 0 Å². The molecule has 4 heteroatoms. The van der Waals surface area contributed by atoms with Crippen molar-refractivity contribution in [3.63, 3.8) is 0 Å². The van der Waals surface area contributed by atoms with Gasteiger partial charge in [0.2, 0.25) is 5.91 Å². The maximum absolute atomic E-state index is 12.1. The zero-order valence-electron chi connectivity index (χ0n) is 11.9. The van der Waals surface area contributed by atoms with Crippen LogP contribution >= 0.6 is 0 Å². The highest BCUT2D eigenvalue weighted by Gasteiger charge is 2.25. The molecule has 0 aromatic heterocycles. The highest BCUT2D eigenvalue weighted by atomic mass is 16.3.